The first-order chi connectivity index (χ1) is 9.09. The van der Waals surface area contributed by atoms with E-state index in [9.17, 15) is 19.2 Å². The van der Waals surface area contributed by atoms with Crippen LogP contribution >= 0.6 is 0 Å². The van der Waals surface area contributed by atoms with E-state index in [0.717, 1.165) is 4.90 Å². The maximum absolute atomic E-state index is 12.2. The topological polar surface area (TPSA) is 83.6 Å². The second-order valence-corrected chi connectivity index (χ2v) is 4.42. The molecule has 7 heteroatoms. The molecule has 0 bridgehead atoms. The summed E-state index contributed by atoms with van der Waals surface area (Å²) in [6.45, 7) is 0. The number of hydrogen-bond acceptors (Lipinski definition) is 4. The summed E-state index contributed by atoms with van der Waals surface area (Å²) in [4.78, 5) is 48.1. The van der Waals surface area contributed by atoms with Gasteiger partial charge >= 0.3 is 0 Å². The van der Waals surface area contributed by atoms with E-state index >= 15 is 0 Å². The van der Waals surface area contributed by atoms with E-state index in [2.05, 4.69) is 11.4 Å². The van der Waals surface area contributed by atoms with Crippen LogP contribution in [0, 0.1) is 6.07 Å². The van der Waals surface area contributed by atoms with Gasteiger partial charge in [-0.2, -0.15) is 24.3 Å². The van der Waals surface area contributed by atoms with Crippen molar-refractivity contribution in [1.29, 1.82) is 0 Å². The molecule has 1 unspecified atom stereocenters. The summed E-state index contributed by atoms with van der Waals surface area (Å²) < 4.78 is 0. The predicted octanol–water partition coefficient (Wildman–Crippen LogP) is -0.115. The number of imide groups is 2. The molecule has 0 aromatic heterocycles. The number of nitrogens with one attached hydrogen (secondary N) is 1. The van der Waals surface area contributed by atoms with Crippen LogP contribution < -0.4 is 5.32 Å². The third-order valence-corrected chi connectivity index (χ3v) is 3.28. The van der Waals surface area contributed by atoms with Crippen LogP contribution in [-0.2, 0) is 42.3 Å². The maximum Gasteiger partial charge on any atom is 0.249 e. The molecule has 1 saturated heterocycles. The van der Waals surface area contributed by atoms with Crippen molar-refractivity contribution in [2.24, 2.45) is 0 Å². The summed E-state index contributed by atoms with van der Waals surface area (Å²) in [5, 5.41) is 2.14. The number of carbonyl (C=O) groups excluding carboxylic acids is 4. The molecule has 20 heavy (non-hydrogen) atoms. The van der Waals surface area contributed by atoms with Crippen molar-refractivity contribution >= 4 is 23.6 Å². The van der Waals surface area contributed by atoms with Crippen molar-refractivity contribution < 1.29 is 51.9 Å². The Morgan fingerprint density at radius 2 is 1.85 bits per heavy atom. The van der Waals surface area contributed by atoms with Gasteiger partial charge in [0.05, 0.1) is 0 Å². The van der Waals surface area contributed by atoms with Gasteiger partial charge < -0.3 is 0 Å². The van der Waals surface area contributed by atoms with Crippen LogP contribution in [0.5, 0.6) is 0 Å². The van der Waals surface area contributed by atoms with Gasteiger partial charge in [-0.25, -0.2) is 0 Å². The van der Waals surface area contributed by atoms with E-state index in [4.69, 9.17) is 0 Å². The smallest absolute Gasteiger partial charge is 0.249 e. The standard InChI is InChI=1S/C13H9N2O4.Y/c16-10-6-5-9(11(17)14-10)15-12(18)7-3-1-2-4-8(7)13(15)19;/h1,3-4,9H,5-6H2,(H,14,16,17);/q-1;. The zero-order valence-corrected chi connectivity index (χ0v) is 13.2. The molecular formula is C13H9N2O4Y-. The normalized spacial score (nSPS) is 21.4. The molecule has 4 amide bonds. The number of hydrogen-bond donors (Lipinski definition) is 1. The van der Waals surface area contributed by atoms with Gasteiger partial charge in [-0.05, 0) is 6.42 Å². The van der Waals surface area contributed by atoms with Gasteiger partial charge in [0.25, 0.3) is 0 Å². The van der Waals surface area contributed by atoms with Crippen LogP contribution in [0.25, 0.3) is 0 Å². The van der Waals surface area contributed by atoms with Crippen LogP contribution in [0.3, 0.4) is 0 Å². The van der Waals surface area contributed by atoms with E-state index in [0.29, 0.717) is 0 Å². The van der Waals surface area contributed by atoms with Crippen molar-refractivity contribution in [2.45, 2.75) is 18.9 Å². The van der Waals surface area contributed by atoms with E-state index < -0.39 is 23.8 Å². The van der Waals surface area contributed by atoms with E-state index in [1.807, 2.05) is 0 Å². The Morgan fingerprint density at radius 1 is 1.15 bits per heavy atom. The number of benzene rings is 1. The number of piperidine rings is 1. The van der Waals surface area contributed by atoms with Crippen molar-refractivity contribution in [3.8, 4) is 0 Å². The van der Waals surface area contributed by atoms with E-state index in [1.165, 1.54) is 18.2 Å². The van der Waals surface area contributed by atoms with Gasteiger partial charge in [0.2, 0.25) is 23.6 Å². The first-order valence-electron chi connectivity index (χ1n) is 5.81. The summed E-state index contributed by atoms with van der Waals surface area (Å²) >= 11 is 0. The molecule has 0 spiro atoms. The van der Waals surface area contributed by atoms with Crippen LogP contribution in [-0.4, -0.2) is 34.6 Å². The Bertz CT molecular complexity index is 594. The fourth-order valence-electron chi connectivity index (χ4n) is 2.36. The number of nitrogens with zero attached hydrogens (tertiary/aromatic N) is 1. The van der Waals surface area contributed by atoms with Gasteiger partial charge in [0, 0.05) is 39.1 Å². The second kappa shape index (κ2) is 5.54. The largest absolute Gasteiger partial charge is 0.295 e. The third-order valence-electron chi connectivity index (χ3n) is 3.28. The van der Waals surface area contributed by atoms with Gasteiger partial charge in [-0.1, -0.05) is 11.1 Å². The molecule has 2 aliphatic heterocycles. The van der Waals surface area contributed by atoms with Gasteiger partial charge in [0.15, 0.2) is 0 Å². The number of fused-ring (bicyclic) bond motifs is 1. The molecule has 1 aromatic rings. The Morgan fingerprint density at radius 3 is 2.50 bits per heavy atom. The molecule has 3 rings (SSSR count). The summed E-state index contributed by atoms with van der Waals surface area (Å²) in [5.74, 6) is -1.99. The average molecular weight is 346 g/mol. The second-order valence-electron chi connectivity index (χ2n) is 4.42. The minimum Gasteiger partial charge on any atom is -0.295 e. The zero-order valence-electron chi connectivity index (χ0n) is 10.4. The van der Waals surface area contributed by atoms with Gasteiger partial charge in [-0.15, -0.1) is 0 Å². The Labute approximate surface area is 139 Å². The van der Waals surface area contributed by atoms with Crippen LogP contribution in [0.1, 0.15) is 33.6 Å². The summed E-state index contributed by atoms with van der Waals surface area (Å²) in [7, 11) is 0. The van der Waals surface area contributed by atoms with Gasteiger partial charge in [0.1, 0.15) is 6.04 Å². The van der Waals surface area contributed by atoms with E-state index in [1.54, 1.807) is 0 Å². The van der Waals surface area contributed by atoms with Gasteiger partial charge in [-0.3, -0.25) is 29.4 Å². The number of carbonyl (C=O) groups is 4. The molecule has 1 atom stereocenters. The predicted molar refractivity (Wildman–Crippen MR) is 61.9 cm³/mol. The molecule has 1 N–H and O–H groups in total. The Hall–Kier alpha value is -1.40. The molecular weight excluding hydrogens is 337 g/mol. The first-order valence-corrected chi connectivity index (χ1v) is 5.81. The molecule has 1 aromatic carbocycles. The van der Waals surface area contributed by atoms with Crippen LogP contribution in [0.2, 0.25) is 0 Å². The minimum absolute atomic E-state index is 0. The monoisotopic (exact) mass is 346 g/mol. The molecule has 99 valence electrons. The SMILES string of the molecule is O=C1CCC(N2C(=O)c3c[c-]ccc3C2=O)C(=O)N1.[Y]. The molecule has 0 aliphatic carbocycles. The third kappa shape index (κ3) is 2.23. The number of rotatable bonds is 1. The maximum atomic E-state index is 12.2. The molecule has 0 saturated carbocycles. The van der Waals surface area contributed by atoms with Crippen LogP contribution in [0.4, 0.5) is 0 Å². The fourth-order valence-corrected chi connectivity index (χ4v) is 2.36. The Kier molecular flexibility index (Phi) is 4.15. The minimum atomic E-state index is -0.912. The molecule has 6 nitrogen and oxygen atoms in total. The molecule has 2 heterocycles. The van der Waals surface area contributed by atoms with Crippen molar-refractivity contribution in [3.05, 3.63) is 35.4 Å². The van der Waals surface area contributed by atoms with E-state index in [-0.39, 0.29) is 62.6 Å². The average Bonchev–Trinajstić information content (AvgIpc) is 2.64. The Balaban J connectivity index is 0.00000147. The van der Waals surface area contributed by atoms with Crippen molar-refractivity contribution in [2.75, 3.05) is 0 Å². The summed E-state index contributed by atoms with van der Waals surface area (Å²) in [6, 6.07) is 6.29. The van der Waals surface area contributed by atoms with Crippen LogP contribution in [0.15, 0.2) is 18.2 Å². The number of amides is 4. The summed E-state index contributed by atoms with van der Waals surface area (Å²) in [5.41, 5.74) is 0.519. The van der Waals surface area contributed by atoms with Crippen molar-refractivity contribution in [1.82, 2.24) is 10.2 Å². The summed E-state index contributed by atoms with van der Waals surface area (Å²) in [6.07, 6.45) is 0.287. The molecule has 2 aliphatic rings. The quantitative estimate of drug-likeness (QED) is 0.568. The fraction of sp³-hybridized carbons (Fsp3) is 0.231. The molecule has 1 fully saturated rings. The molecule has 1 radical (unpaired) electrons. The van der Waals surface area contributed by atoms with Crippen molar-refractivity contribution in [3.63, 3.8) is 0 Å². The zero-order chi connectivity index (χ0) is 13.6. The first kappa shape index (κ1) is 15.0.